The Morgan fingerprint density at radius 2 is 2.13 bits per heavy atom. The highest BCUT2D eigenvalue weighted by molar-refractivity contribution is 5.97. The number of esters is 1. The van der Waals surface area contributed by atoms with Crippen molar-refractivity contribution in [3.8, 4) is 0 Å². The summed E-state index contributed by atoms with van der Waals surface area (Å²) in [4.78, 5) is 18.0. The second-order valence-corrected chi connectivity index (χ2v) is 6.37. The van der Waals surface area contributed by atoms with Gasteiger partial charge in [0, 0.05) is 6.42 Å². The third-order valence-corrected chi connectivity index (χ3v) is 4.62. The molecule has 0 amide bonds. The van der Waals surface area contributed by atoms with Crippen LogP contribution in [0.1, 0.15) is 38.7 Å². The van der Waals surface area contributed by atoms with E-state index < -0.39 is 29.8 Å². The Balaban J connectivity index is 1.74. The Morgan fingerprint density at radius 1 is 1.43 bits per heavy atom. The average molecular weight is 323 g/mol. The molecular formula is C17H19F2NO3. The maximum Gasteiger partial charge on any atom is 0.354 e. The molecule has 1 aromatic carbocycles. The largest absolute Gasteiger partial charge is 0.458 e. The summed E-state index contributed by atoms with van der Waals surface area (Å²) in [7, 11) is 0. The van der Waals surface area contributed by atoms with Crippen LogP contribution in [0.5, 0.6) is 0 Å². The zero-order valence-electron chi connectivity index (χ0n) is 13.1. The third kappa shape index (κ3) is 2.60. The summed E-state index contributed by atoms with van der Waals surface area (Å²) in [5.74, 6) is -1.99. The summed E-state index contributed by atoms with van der Waals surface area (Å²) in [6.07, 6.45) is 2.15. The van der Waals surface area contributed by atoms with E-state index in [9.17, 15) is 13.6 Å². The number of rotatable bonds is 4. The van der Waals surface area contributed by atoms with Crippen molar-refractivity contribution >= 4 is 11.7 Å². The molecule has 0 spiro atoms. The molecule has 2 atom stereocenters. The van der Waals surface area contributed by atoms with E-state index in [-0.39, 0.29) is 17.4 Å². The van der Waals surface area contributed by atoms with Crippen molar-refractivity contribution in [2.24, 2.45) is 17.0 Å². The van der Waals surface area contributed by atoms with Gasteiger partial charge in [0.25, 0.3) is 0 Å². The summed E-state index contributed by atoms with van der Waals surface area (Å²) in [6.45, 7) is 3.54. The zero-order valence-corrected chi connectivity index (χ0v) is 13.1. The van der Waals surface area contributed by atoms with Crippen LogP contribution in [-0.4, -0.2) is 17.3 Å². The van der Waals surface area contributed by atoms with Crippen LogP contribution in [-0.2, 0) is 21.0 Å². The molecule has 23 heavy (non-hydrogen) atoms. The Labute approximate surface area is 133 Å². The van der Waals surface area contributed by atoms with E-state index in [0.29, 0.717) is 6.42 Å². The number of halogens is 2. The van der Waals surface area contributed by atoms with Crippen molar-refractivity contribution in [1.29, 1.82) is 0 Å². The van der Waals surface area contributed by atoms with Crippen molar-refractivity contribution in [2.45, 2.75) is 45.3 Å². The van der Waals surface area contributed by atoms with E-state index in [0.717, 1.165) is 30.7 Å². The van der Waals surface area contributed by atoms with Gasteiger partial charge in [-0.3, -0.25) is 0 Å². The van der Waals surface area contributed by atoms with Crippen molar-refractivity contribution in [1.82, 2.24) is 0 Å². The highest BCUT2D eigenvalue weighted by Crippen LogP contribution is 2.46. The molecule has 1 aromatic rings. The molecule has 1 fully saturated rings. The van der Waals surface area contributed by atoms with Gasteiger partial charge in [0.1, 0.15) is 18.2 Å². The Morgan fingerprint density at radius 3 is 2.78 bits per heavy atom. The van der Waals surface area contributed by atoms with Gasteiger partial charge >= 0.3 is 5.97 Å². The number of carbonyl (C=O) groups is 1. The maximum absolute atomic E-state index is 13.6. The topological polar surface area (TPSA) is 47.9 Å². The predicted octanol–water partition coefficient (Wildman–Crippen LogP) is 3.59. The van der Waals surface area contributed by atoms with Gasteiger partial charge in [0.2, 0.25) is 5.60 Å². The van der Waals surface area contributed by atoms with E-state index in [1.807, 2.05) is 13.8 Å². The SMILES string of the molecule is CC(C)C1=NOC2(C(=O)OCc3c(F)cccc3F)CCCC12. The van der Waals surface area contributed by atoms with Gasteiger partial charge in [-0.15, -0.1) is 0 Å². The maximum atomic E-state index is 13.6. The van der Waals surface area contributed by atoms with Gasteiger partial charge in [-0.1, -0.05) is 25.1 Å². The van der Waals surface area contributed by atoms with Crippen LogP contribution in [0.25, 0.3) is 0 Å². The standard InChI is InChI=1S/C17H19F2NO3/c1-10(2)15-12-5-4-8-17(12,23-20-15)16(21)22-9-11-13(18)6-3-7-14(11)19/h3,6-7,10,12H,4-5,8-9H2,1-2H3. The van der Waals surface area contributed by atoms with E-state index >= 15 is 0 Å². The fourth-order valence-electron chi connectivity index (χ4n) is 3.39. The number of nitrogens with zero attached hydrogens (tertiary/aromatic N) is 1. The summed E-state index contributed by atoms with van der Waals surface area (Å²) >= 11 is 0. The van der Waals surface area contributed by atoms with Crippen LogP contribution in [0.3, 0.4) is 0 Å². The van der Waals surface area contributed by atoms with Gasteiger partial charge in [0.05, 0.1) is 17.2 Å². The number of ether oxygens (including phenoxy) is 1. The molecule has 0 radical (unpaired) electrons. The Hall–Kier alpha value is -1.98. The van der Waals surface area contributed by atoms with E-state index in [2.05, 4.69) is 5.16 Å². The average Bonchev–Trinajstić information content (AvgIpc) is 3.05. The molecule has 2 aliphatic rings. The number of hydrogen-bond acceptors (Lipinski definition) is 4. The van der Waals surface area contributed by atoms with Crippen LogP contribution < -0.4 is 0 Å². The van der Waals surface area contributed by atoms with Gasteiger partial charge in [-0.2, -0.15) is 0 Å². The fraction of sp³-hybridized carbons (Fsp3) is 0.529. The zero-order chi connectivity index (χ0) is 16.6. The molecule has 6 heteroatoms. The lowest BCUT2D eigenvalue weighted by Crippen LogP contribution is -2.44. The number of carbonyl (C=O) groups excluding carboxylic acids is 1. The van der Waals surface area contributed by atoms with Crippen molar-refractivity contribution in [2.75, 3.05) is 0 Å². The molecule has 1 heterocycles. The minimum Gasteiger partial charge on any atom is -0.458 e. The molecule has 1 saturated carbocycles. The third-order valence-electron chi connectivity index (χ3n) is 4.62. The van der Waals surface area contributed by atoms with Crippen molar-refractivity contribution in [3.05, 3.63) is 35.4 Å². The molecule has 1 aliphatic carbocycles. The minimum atomic E-state index is -1.12. The monoisotopic (exact) mass is 323 g/mol. The molecule has 124 valence electrons. The quantitative estimate of drug-likeness (QED) is 0.796. The molecule has 2 unspecified atom stereocenters. The first kappa shape index (κ1) is 15.9. The number of benzene rings is 1. The van der Waals surface area contributed by atoms with E-state index in [1.165, 1.54) is 6.07 Å². The fourth-order valence-corrected chi connectivity index (χ4v) is 3.39. The molecule has 1 aliphatic heterocycles. The molecule has 0 aromatic heterocycles. The van der Waals surface area contributed by atoms with E-state index in [1.54, 1.807) is 0 Å². The first-order chi connectivity index (χ1) is 11.0. The van der Waals surface area contributed by atoms with Crippen LogP contribution in [0.2, 0.25) is 0 Å². The lowest BCUT2D eigenvalue weighted by molar-refractivity contribution is -0.173. The summed E-state index contributed by atoms with van der Waals surface area (Å²) < 4.78 is 32.4. The number of hydrogen-bond donors (Lipinski definition) is 0. The molecule has 0 saturated heterocycles. The summed E-state index contributed by atoms with van der Waals surface area (Å²) in [5.41, 5.74) is -0.521. The molecular weight excluding hydrogens is 304 g/mol. The van der Waals surface area contributed by atoms with Gasteiger partial charge in [-0.25, -0.2) is 13.6 Å². The highest BCUT2D eigenvalue weighted by Gasteiger charge is 2.59. The molecule has 0 bridgehead atoms. The normalized spacial score (nSPS) is 26.0. The van der Waals surface area contributed by atoms with E-state index in [4.69, 9.17) is 9.57 Å². The van der Waals surface area contributed by atoms with Crippen LogP contribution in [0.4, 0.5) is 8.78 Å². The van der Waals surface area contributed by atoms with Gasteiger partial charge in [-0.05, 0) is 30.9 Å². The second-order valence-electron chi connectivity index (χ2n) is 6.37. The Kier molecular flexibility index (Phi) is 4.08. The first-order valence-electron chi connectivity index (χ1n) is 7.82. The second kappa shape index (κ2) is 5.91. The van der Waals surface area contributed by atoms with Crippen LogP contribution in [0, 0.1) is 23.5 Å². The van der Waals surface area contributed by atoms with Crippen LogP contribution >= 0.6 is 0 Å². The smallest absolute Gasteiger partial charge is 0.354 e. The van der Waals surface area contributed by atoms with Crippen molar-refractivity contribution < 1.29 is 23.1 Å². The molecule has 3 rings (SSSR count). The molecule has 0 N–H and O–H groups in total. The van der Waals surface area contributed by atoms with Gasteiger partial charge in [0.15, 0.2) is 0 Å². The van der Waals surface area contributed by atoms with Gasteiger partial charge < -0.3 is 9.57 Å². The lowest BCUT2D eigenvalue weighted by Gasteiger charge is -2.25. The minimum absolute atomic E-state index is 0.111. The summed E-state index contributed by atoms with van der Waals surface area (Å²) in [6, 6.07) is 3.54. The highest BCUT2D eigenvalue weighted by atomic mass is 19.1. The summed E-state index contributed by atoms with van der Waals surface area (Å²) in [5, 5.41) is 4.07. The Bertz CT molecular complexity index is 639. The number of fused-ring (bicyclic) bond motifs is 1. The first-order valence-corrected chi connectivity index (χ1v) is 7.82. The van der Waals surface area contributed by atoms with Crippen molar-refractivity contribution in [3.63, 3.8) is 0 Å². The van der Waals surface area contributed by atoms with Crippen LogP contribution in [0.15, 0.2) is 23.4 Å². The molecule has 4 nitrogen and oxygen atoms in total. The predicted molar refractivity (Wildman–Crippen MR) is 79.6 cm³/mol. The lowest BCUT2D eigenvalue weighted by atomic mass is 9.83. The number of oxime groups is 1.